The van der Waals surface area contributed by atoms with E-state index in [2.05, 4.69) is 4.98 Å². The van der Waals surface area contributed by atoms with Crippen LogP contribution < -0.4 is 11.3 Å². The lowest BCUT2D eigenvalue weighted by atomic mass is 10.0. The maximum absolute atomic E-state index is 12.9. The van der Waals surface area contributed by atoms with E-state index >= 15 is 0 Å². The lowest BCUT2D eigenvalue weighted by Gasteiger charge is -2.12. The highest BCUT2D eigenvalue weighted by molar-refractivity contribution is 6.30. The molecule has 0 fully saturated rings. The molecule has 0 saturated heterocycles. The second kappa shape index (κ2) is 6.89. The zero-order valence-corrected chi connectivity index (χ0v) is 15.6. The summed E-state index contributed by atoms with van der Waals surface area (Å²) in [5.74, 6) is 0.677. The Hall–Kier alpha value is -3.11. The van der Waals surface area contributed by atoms with E-state index in [9.17, 15) is 4.79 Å². The first-order chi connectivity index (χ1) is 13.0. The summed E-state index contributed by atoms with van der Waals surface area (Å²) in [7, 11) is 0. The Morgan fingerprint density at radius 2 is 1.78 bits per heavy atom. The molecule has 27 heavy (non-hydrogen) atoms. The third-order valence-electron chi connectivity index (χ3n) is 4.62. The smallest absolute Gasteiger partial charge is 0.261 e. The molecule has 0 unspecified atom stereocenters. The molecule has 2 N–H and O–H groups in total. The number of rotatable bonds is 3. The van der Waals surface area contributed by atoms with Gasteiger partial charge < -0.3 is 5.73 Å². The number of benzene rings is 3. The minimum Gasteiger partial charge on any atom is -0.399 e. The molecular weight excluding hydrogens is 358 g/mol. The van der Waals surface area contributed by atoms with E-state index in [4.69, 9.17) is 17.3 Å². The number of halogens is 1. The number of aromatic nitrogens is 2. The van der Waals surface area contributed by atoms with Crippen LogP contribution >= 0.6 is 11.6 Å². The number of anilines is 1. The van der Waals surface area contributed by atoms with Crippen molar-refractivity contribution in [3.05, 3.63) is 93.5 Å². The number of nitrogens with two attached hydrogens (primary N) is 1. The quantitative estimate of drug-likeness (QED) is 0.530. The van der Waals surface area contributed by atoms with E-state index in [1.165, 1.54) is 0 Å². The van der Waals surface area contributed by atoms with Crippen LogP contribution in [0.25, 0.3) is 22.0 Å². The van der Waals surface area contributed by atoms with Crippen molar-refractivity contribution in [2.45, 2.75) is 13.5 Å². The van der Waals surface area contributed by atoms with E-state index < -0.39 is 0 Å². The Morgan fingerprint density at radius 1 is 1.00 bits per heavy atom. The standard InChI is InChI=1S/C22H18ClN3O/c1-14-25-21-10-9-19(24)12-20(21)22(27)26(14)13-15-5-7-16(8-6-15)17-3-2-4-18(23)11-17/h2-12H,13,24H2,1H3. The van der Waals surface area contributed by atoms with Gasteiger partial charge in [-0.1, -0.05) is 48.0 Å². The molecule has 1 aromatic heterocycles. The molecule has 0 aliphatic rings. The van der Waals surface area contributed by atoms with Gasteiger partial charge in [-0.15, -0.1) is 0 Å². The Labute approximate surface area is 161 Å². The van der Waals surface area contributed by atoms with Crippen molar-refractivity contribution in [1.82, 2.24) is 9.55 Å². The maximum Gasteiger partial charge on any atom is 0.261 e. The van der Waals surface area contributed by atoms with Crippen molar-refractivity contribution in [2.75, 3.05) is 5.73 Å². The summed E-state index contributed by atoms with van der Waals surface area (Å²) in [6, 6.07) is 21.1. The summed E-state index contributed by atoms with van der Waals surface area (Å²) in [6.45, 7) is 2.30. The van der Waals surface area contributed by atoms with Gasteiger partial charge in [-0.2, -0.15) is 0 Å². The molecule has 3 aromatic carbocycles. The van der Waals surface area contributed by atoms with Crippen molar-refractivity contribution < 1.29 is 0 Å². The first-order valence-corrected chi connectivity index (χ1v) is 9.00. The first-order valence-electron chi connectivity index (χ1n) is 8.63. The van der Waals surface area contributed by atoms with E-state index in [0.29, 0.717) is 34.0 Å². The van der Waals surface area contributed by atoms with Crippen molar-refractivity contribution in [2.24, 2.45) is 0 Å². The van der Waals surface area contributed by atoms with Crippen LogP contribution in [0.3, 0.4) is 0 Å². The van der Waals surface area contributed by atoms with Crippen LogP contribution in [-0.2, 0) is 6.54 Å². The molecule has 134 valence electrons. The number of nitrogen functional groups attached to an aromatic ring is 1. The number of hydrogen-bond donors (Lipinski definition) is 1. The molecule has 0 radical (unpaired) electrons. The highest BCUT2D eigenvalue weighted by atomic mass is 35.5. The van der Waals surface area contributed by atoms with Gasteiger partial charge >= 0.3 is 0 Å². The van der Waals surface area contributed by atoms with Gasteiger partial charge in [-0.3, -0.25) is 9.36 Å². The van der Waals surface area contributed by atoms with E-state index in [-0.39, 0.29) is 5.56 Å². The summed E-state index contributed by atoms with van der Waals surface area (Å²) in [5.41, 5.74) is 10.1. The Bertz CT molecular complexity index is 1200. The minimum absolute atomic E-state index is 0.0799. The van der Waals surface area contributed by atoms with Crippen molar-refractivity contribution in [1.29, 1.82) is 0 Å². The molecule has 0 spiro atoms. The second-order valence-corrected chi connectivity index (χ2v) is 6.97. The lowest BCUT2D eigenvalue weighted by molar-refractivity contribution is 0.713. The lowest BCUT2D eigenvalue weighted by Crippen LogP contribution is -2.24. The Kier molecular flexibility index (Phi) is 4.42. The molecule has 0 aliphatic heterocycles. The number of hydrogen-bond acceptors (Lipinski definition) is 3. The van der Waals surface area contributed by atoms with E-state index in [0.717, 1.165) is 16.7 Å². The topological polar surface area (TPSA) is 60.9 Å². The van der Waals surface area contributed by atoms with Crippen LogP contribution in [0.2, 0.25) is 5.02 Å². The number of aryl methyl sites for hydroxylation is 1. The number of fused-ring (bicyclic) bond motifs is 1. The van der Waals surface area contributed by atoms with E-state index in [1.54, 1.807) is 22.8 Å². The maximum atomic E-state index is 12.9. The zero-order chi connectivity index (χ0) is 19.0. The summed E-state index contributed by atoms with van der Waals surface area (Å²) in [5, 5.41) is 1.25. The molecule has 4 aromatic rings. The normalized spacial score (nSPS) is 11.0. The molecule has 4 rings (SSSR count). The van der Waals surface area contributed by atoms with Crippen molar-refractivity contribution in [3.8, 4) is 11.1 Å². The third kappa shape index (κ3) is 3.44. The highest BCUT2D eigenvalue weighted by Gasteiger charge is 2.09. The second-order valence-electron chi connectivity index (χ2n) is 6.53. The Balaban J connectivity index is 1.69. The summed E-state index contributed by atoms with van der Waals surface area (Å²) in [6.07, 6.45) is 0. The third-order valence-corrected chi connectivity index (χ3v) is 4.86. The molecule has 0 aliphatic carbocycles. The zero-order valence-electron chi connectivity index (χ0n) is 14.8. The van der Waals surface area contributed by atoms with Gasteiger partial charge in [0.25, 0.3) is 5.56 Å². The van der Waals surface area contributed by atoms with Crippen molar-refractivity contribution >= 4 is 28.2 Å². The van der Waals surface area contributed by atoms with Gasteiger partial charge in [0.2, 0.25) is 0 Å². The fourth-order valence-electron chi connectivity index (χ4n) is 3.19. The van der Waals surface area contributed by atoms with Crippen LogP contribution in [0.1, 0.15) is 11.4 Å². The predicted octanol–water partition coefficient (Wildman–Crippen LogP) is 4.66. The molecule has 0 saturated carbocycles. The van der Waals surface area contributed by atoms with Gasteiger partial charge in [-0.05, 0) is 53.9 Å². The monoisotopic (exact) mass is 375 g/mol. The molecule has 0 atom stereocenters. The SMILES string of the molecule is Cc1nc2ccc(N)cc2c(=O)n1Cc1ccc(-c2cccc(Cl)c2)cc1. The molecule has 5 heteroatoms. The van der Waals surface area contributed by atoms with Gasteiger partial charge in [-0.25, -0.2) is 4.98 Å². The molecule has 4 nitrogen and oxygen atoms in total. The highest BCUT2D eigenvalue weighted by Crippen LogP contribution is 2.23. The number of nitrogens with zero attached hydrogens (tertiary/aromatic N) is 2. The minimum atomic E-state index is -0.0799. The molecular formula is C22H18ClN3O. The summed E-state index contributed by atoms with van der Waals surface area (Å²) in [4.78, 5) is 17.4. The average Bonchev–Trinajstić information content (AvgIpc) is 2.66. The van der Waals surface area contributed by atoms with Crippen LogP contribution in [0.4, 0.5) is 5.69 Å². The van der Waals surface area contributed by atoms with Crippen LogP contribution in [0.15, 0.2) is 71.5 Å². The summed E-state index contributed by atoms with van der Waals surface area (Å²) < 4.78 is 1.68. The van der Waals surface area contributed by atoms with Crippen molar-refractivity contribution in [3.63, 3.8) is 0 Å². The van der Waals surface area contributed by atoms with Gasteiger partial charge in [0, 0.05) is 10.7 Å². The van der Waals surface area contributed by atoms with Gasteiger partial charge in [0.1, 0.15) is 5.82 Å². The molecule has 1 heterocycles. The fourth-order valence-corrected chi connectivity index (χ4v) is 3.38. The molecule has 0 amide bonds. The molecule has 0 bridgehead atoms. The van der Waals surface area contributed by atoms with Crippen LogP contribution in [-0.4, -0.2) is 9.55 Å². The van der Waals surface area contributed by atoms with Gasteiger partial charge in [0.05, 0.1) is 17.4 Å². The van der Waals surface area contributed by atoms with Crippen LogP contribution in [0, 0.1) is 6.92 Å². The largest absolute Gasteiger partial charge is 0.399 e. The van der Waals surface area contributed by atoms with Gasteiger partial charge in [0.15, 0.2) is 0 Å². The Morgan fingerprint density at radius 3 is 2.52 bits per heavy atom. The predicted molar refractivity (Wildman–Crippen MR) is 111 cm³/mol. The van der Waals surface area contributed by atoms with Crippen LogP contribution in [0.5, 0.6) is 0 Å². The fraction of sp³-hybridized carbons (Fsp3) is 0.0909. The van der Waals surface area contributed by atoms with E-state index in [1.807, 2.05) is 55.5 Å². The average molecular weight is 376 g/mol. The summed E-state index contributed by atoms with van der Waals surface area (Å²) >= 11 is 6.07. The first kappa shape index (κ1) is 17.3.